The zero-order valence-corrected chi connectivity index (χ0v) is 21.2. The van der Waals surface area contributed by atoms with E-state index in [4.69, 9.17) is 15.6 Å². The van der Waals surface area contributed by atoms with Crippen molar-refractivity contribution in [3.05, 3.63) is 0 Å². The van der Waals surface area contributed by atoms with Gasteiger partial charge < -0.3 is 30.9 Å². The Kier molecular flexibility index (Phi) is 17.7. The number of carboxylic acids is 2. The second-order valence-electron chi connectivity index (χ2n) is 9.67. The molecule has 0 aromatic heterocycles. The van der Waals surface area contributed by atoms with Crippen LogP contribution >= 0.6 is 0 Å². The molecule has 0 aliphatic rings. The predicted molar refractivity (Wildman–Crippen MR) is 129 cm³/mol. The van der Waals surface area contributed by atoms with E-state index in [9.17, 15) is 29.7 Å². The number of hydrogen-bond donors (Lipinski definition) is 5. The normalized spacial score (nSPS) is 16.8. The summed E-state index contributed by atoms with van der Waals surface area (Å²) in [6.07, 6.45) is 5.97. The number of esters is 1. The highest BCUT2D eigenvalue weighted by molar-refractivity contribution is 5.82. The zero-order chi connectivity index (χ0) is 26.1. The Morgan fingerprint density at radius 3 is 1.94 bits per heavy atom. The van der Waals surface area contributed by atoms with Crippen LogP contribution < -0.4 is 5.73 Å². The van der Waals surface area contributed by atoms with Gasteiger partial charge in [-0.15, -0.1) is 0 Å². The molecule has 0 rings (SSSR count). The molecule has 6 N–H and O–H groups in total. The van der Waals surface area contributed by atoms with Crippen molar-refractivity contribution >= 4 is 17.9 Å². The van der Waals surface area contributed by atoms with Gasteiger partial charge in [-0.3, -0.25) is 14.4 Å². The third-order valence-electron chi connectivity index (χ3n) is 6.47. The first-order valence-corrected chi connectivity index (χ1v) is 12.7. The summed E-state index contributed by atoms with van der Waals surface area (Å²) in [7, 11) is 0. The molecule has 0 aliphatic carbocycles. The lowest BCUT2D eigenvalue weighted by Crippen LogP contribution is -2.38. The van der Waals surface area contributed by atoms with Crippen molar-refractivity contribution < 1.29 is 39.5 Å². The highest BCUT2D eigenvalue weighted by atomic mass is 16.6. The molecule has 0 amide bonds. The van der Waals surface area contributed by atoms with Crippen LogP contribution in [-0.4, -0.2) is 63.2 Å². The van der Waals surface area contributed by atoms with E-state index in [2.05, 4.69) is 0 Å². The quantitative estimate of drug-likeness (QED) is 0.120. The minimum atomic E-state index is -1.36. The van der Waals surface area contributed by atoms with Gasteiger partial charge in [-0.25, -0.2) is 0 Å². The van der Waals surface area contributed by atoms with Crippen LogP contribution in [0.15, 0.2) is 0 Å². The van der Waals surface area contributed by atoms with Crippen molar-refractivity contribution in [2.24, 2.45) is 23.5 Å². The fraction of sp³-hybridized carbons (Fsp3) is 0.880. The predicted octanol–water partition coefficient (Wildman–Crippen LogP) is 3.34. The van der Waals surface area contributed by atoms with Gasteiger partial charge in [-0.1, -0.05) is 72.1 Å². The molecule has 0 bridgehead atoms. The monoisotopic (exact) mass is 489 g/mol. The first kappa shape index (κ1) is 32.3. The first-order chi connectivity index (χ1) is 16.0. The number of hydrogen-bond acceptors (Lipinski definition) is 7. The molecule has 6 atom stereocenters. The number of aliphatic carboxylic acids is 2. The lowest BCUT2D eigenvalue weighted by atomic mass is 9.89. The molecule has 0 aliphatic heterocycles. The number of ether oxygens (including phenoxy) is 1. The second kappa shape index (κ2) is 18.6. The molecule has 0 aromatic carbocycles. The minimum Gasteiger partial charge on any atom is -0.481 e. The average Bonchev–Trinajstić information content (AvgIpc) is 2.78. The molecule has 0 fully saturated rings. The fourth-order valence-corrected chi connectivity index (χ4v) is 3.95. The van der Waals surface area contributed by atoms with Gasteiger partial charge in [0.15, 0.2) is 0 Å². The third kappa shape index (κ3) is 15.2. The van der Waals surface area contributed by atoms with Crippen LogP contribution in [0.3, 0.4) is 0 Å². The number of aliphatic hydroxyl groups excluding tert-OH is 2. The molecule has 0 heterocycles. The Hall–Kier alpha value is -1.71. The van der Waals surface area contributed by atoms with E-state index < -0.39 is 55.0 Å². The van der Waals surface area contributed by atoms with Crippen molar-refractivity contribution in [3.63, 3.8) is 0 Å². The number of nitrogens with two attached hydrogens (primary N) is 1. The highest BCUT2D eigenvalue weighted by Crippen LogP contribution is 2.24. The Morgan fingerprint density at radius 2 is 1.44 bits per heavy atom. The van der Waals surface area contributed by atoms with Crippen molar-refractivity contribution in [1.29, 1.82) is 0 Å². The minimum absolute atomic E-state index is 0.0999. The SMILES string of the molecule is CCC(C)C(O)C(CC(C)CCCCCCCCC(O)CN)OC(=O)CC(CC(=O)O)C(=O)O. The molecule has 0 radical (unpaired) electrons. The Morgan fingerprint density at radius 1 is 0.882 bits per heavy atom. The highest BCUT2D eigenvalue weighted by Gasteiger charge is 2.31. The van der Waals surface area contributed by atoms with E-state index in [0.717, 1.165) is 51.4 Å². The summed E-state index contributed by atoms with van der Waals surface area (Å²) < 4.78 is 5.49. The first-order valence-electron chi connectivity index (χ1n) is 12.7. The van der Waals surface area contributed by atoms with E-state index >= 15 is 0 Å². The Balaban J connectivity index is 4.60. The zero-order valence-electron chi connectivity index (χ0n) is 21.2. The lowest BCUT2D eigenvalue weighted by molar-refractivity contribution is -0.163. The Labute approximate surface area is 204 Å². The maximum absolute atomic E-state index is 12.4. The van der Waals surface area contributed by atoms with Crippen LogP contribution in [0.2, 0.25) is 0 Å². The number of aliphatic hydroxyl groups is 2. The van der Waals surface area contributed by atoms with Crippen LogP contribution in [0.1, 0.15) is 97.8 Å². The van der Waals surface area contributed by atoms with E-state index in [0.29, 0.717) is 19.4 Å². The molecule has 0 spiro atoms. The number of rotatable bonds is 21. The van der Waals surface area contributed by atoms with Crippen LogP contribution in [0.4, 0.5) is 0 Å². The maximum Gasteiger partial charge on any atom is 0.307 e. The van der Waals surface area contributed by atoms with Crippen molar-refractivity contribution in [2.75, 3.05) is 6.54 Å². The molecule has 0 saturated carbocycles. The van der Waals surface area contributed by atoms with Gasteiger partial charge in [0.25, 0.3) is 0 Å². The topological polar surface area (TPSA) is 167 Å². The molecule has 9 heteroatoms. The molecule has 34 heavy (non-hydrogen) atoms. The van der Waals surface area contributed by atoms with Gasteiger partial charge in [-0.05, 0) is 24.7 Å². The van der Waals surface area contributed by atoms with Crippen molar-refractivity contribution in [2.45, 2.75) is 116 Å². The molecule has 200 valence electrons. The van der Waals surface area contributed by atoms with Gasteiger partial charge in [-0.2, -0.15) is 0 Å². The number of carbonyl (C=O) groups excluding carboxylic acids is 1. The maximum atomic E-state index is 12.4. The molecule has 6 unspecified atom stereocenters. The molecule has 0 saturated heterocycles. The summed E-state index contributed by atoms with van der Waals surface area (Å²) in [4.78, 5) is 34.5. The van der Waals surface area contributed by atoms with Crippen molar-refractivity contribution in [3.8, 4) is 0 Å². The largest absolute Gasteiger partial charge is 0.481 e. The van der Waals surface area contributed by atoms with Gasteiger partial charge in [0.05, 0.1) is 31.0 Å². The molecule has 9 nitrogen and oxygen atoms in total. The summed E-state index contributed by atoms with van der Waals surface area (Å²) in [5, 5.41) is 38.2. The molecular weight excluding hydrogens is 442 g/mol. The number of carboxylic acid groups (broad SMARTS) is 2. The van der Waals surface area contributed by atoms with Gasteiger partial charge in [0.2, 0.25) is 0 Å². The third-order valence-corrected chi connectivity index (χ3v) is 6.47. The summed E-state index contributed by atoms with van der Waals surface area (Å²) in [5.74, 6) is -4.71. The van der Waals surface area contributed by atoms with Gasteiger partial charge >= 0.3 is 17.9 Å². The van der Waals surface area contributed by atoms with E-state index in [1.54, 1.807) is 0 Å². The van der Waals surface area contributed by atoms with Crippen LogP contribution in [-0.2, 0) is 19.1 Å². The smallest absolute Gasteiger partial charge is 0.307 e. The number of carbonyl (C=O) groups is 3. The van der Waals surface area contributed by atoms with E-state index in [1.165, 1.54) is 0 Å². The average molecular weight is 490 g/mol. The van der Waals surface area contributed by atoms with Crippen LogP contribution in [0, 0.1) is 17.8 Å². The summed E-state index contributed by atoms with van der Waals surface area (Å²) in [5.41, 5.74) is 5.40. The molecule has 0 aromatic rings. The van der Waals surface area contributed by atoms with Crippen LogP contribution in [0.5, 0.6) is 0 Å². The Bertz CT molecular complexity index is 585. The number of unbranched alkanes of at least 4 members (excludes halogenated alkanes) is 5. The van der Waals surface area contributed by atoms with Crippen molar-refractivity contribution in [1.82, 2.24) is 0 Å². The second-order valence-corrected chi connectivity index (χ2v) is 9.67. The lowest BCUT2D eigenvalue weighted by Gasteiger charge is -2.29. The van der Waals surface area contributed by atoms with Gasteiger partial charge in [0, 0.05) is 6.54 Å². The summed E-state index contributed by atoms with van der Waals surface area (Å²) in [6.45, 7) is 6.15. The summed E-state index contributed by atoms with van der Waals surface area (Å²) >= 11 is 0. The fourth-order valence-electron chi connectivity index (χ4n) is 3.95. The van der Waals surface area contributed by atoms with E-state index in [1.807, 2.05) is 20.8 Å². The van der Waals surface area contributed by atoms with Gasteiger partial charge in [0.1, 0.15) is 6.10 Å². The van der Waals surface area contributed by atoms with E-state index in [-0.39, 0.29) is 11.8 Å². The standard InChI is InChI=1S/C25H47NO8/c1-4-18(3)24(31)21(34-23(30)15-19(25(32)33)14-22(28)29)13-17(2)11-9-7-5-6-8-10-12-20(27)16-26/h17-21,24,27,31H,4-16,26H2,1-3H3,(H,28,29)(H,32,33). The molecular formula is C25H47NO8. The van der Waals surface area contributed by atoms with Crippen LogP contribution in [0.25, 0.3) is 0 Å². The summed E-state index contributed by atoms with van der Waals surface area (Å²) in [6, 6.07) is 0.